The summed E-state index contributed by atoms with van der Waals surface area (Å²) in [5.41, 5.74) is 0.860. The number of anilines is 1. The van der Waals surface area contributed by atoms with E-state index in [4.69, 9.17) is 0 Å². The molecule has 3 aromatic rings. The SMILES string of the molecule is CCS(=O)(=O)c1ccc(C(=O)N(CCN(C)C)c2nc3ccc([N+](=O)[O-])cc3s2)cc1.Cl. The Morgan fingerprint density at radius 3 is 2.34 bits per heavy atom. The minimum atomic E-state index is -3.36. The van der Waals surface area contributed by atoms with E-state index in [2.05, 4.69) is 4.98 Å². The maximum atomic E-state index is 13.3. The van der Waals surface area contributed by atoms with Crippen LogP contribution in [-0.2, 0) is 9.84 Å². The third kappa shape index (κ3) is 5.60. The Bertz CT molecular complexity index is 1230. The number of carbonyl (C=O) groups is 1. The zero-order valence-electron chi connectivity index (χ0n) is 17.7. The van der Waals surface area contributed by atoms with Gasteiger partial charge in [-0.3, -0.25) is 19.8 Å². The van der Waals surface area contributed by atoms with Crippen molar-refractivity contribution >= 4 is 60.5 Å². The van der Waals surface area contributed by atoms with Gasteiger partial charge in [-0.2, -0.15) is 0 Å². The van der Waals surface area contributed by atoms with Crippen LogP contribution >= 0.6 is 23.7 Å². The van der Waals surface area contributed by atoms with Gasteiger partial charge in [0.25, 0.3) is 11.6 Å². The quantitative estimate of drug-likeness (QED) is 0.344. The molecule has 0 aliphatic carbocycles. The van der Waals surface area contributed by atoms with Gasteiger partial charge in [0.15, 0.2) is 15.0 Å². The molecule has 0 N–H and O–H groups in total. The number of amides is 1. The lowest BCUT2D eigenvalue weighted by Gasteiger charge is -2.22. The summed E-state index contributed by atoms with van der Waals surface area (Å²) in [7, 11) is 0.408. The number of likely N-dealkylation sites (N-methyl/N-ethyl adjacent to an activating group) is 1. The molecule has 2 aromatic carbocycles. The summed E-state index contributed by atoms with van der Waals surface area (Å²) in [5.74, 6) is -0.344. The van der Waals surface area contributed by atoms with Crippen LogP contribution < -0.4 is 4.90 Å². The smallest absolute Gasteiger partial charge is 0.270 e. The van der Waals surface area contributed by atoms with E-state index in [1.807, 2.05) is 19.0 Å². The zero-order chi connectivity index (χ0) is 22.8. The van der Waals surface area contributed by atoms with Crippen LogP contribution in [0.5, 0.6) is 0 Å². The van der Waals surface area contributed by atoms with Gasteiger partial charge in [0, 0.05) is 30.8 Å². The van der Waals surface area contributed by atoms with E-state index in [0.717, 1.165) is 0 Å². The second-order valence-electron chi connectivity index (χ2n) is 7.09. The first-order chi connectivity index (χ1) is 14.6. The van der Waals surface area contributed by atoms with Gasteiger partial charge in [-0.15, -0.1) is 12.4 Å². The largest absolute Gasteiger partial charge is 0.308 e. The van der Waals surface area contributed by atoms with Crippen LogP contribution in [0.4, 0.5) is 10.8 Å². The van der Waals surface area contributed by atoms with Crippen molar-refractivity contribution in [2.75, 3.05) is 37.8 Å². The van der Waals surface area contributed by atoms with Crippen molar-refractivity contribution in [3.8, 4) is 0 Å². The number of carbonyl (C=O) groups excluding carboxylic acids is 1. The number of hydrogen-bond acceptors (Lipinski definition) is 8. The summed E-state index contributed by atoms with van der Waals surface area (Å²) in [6.45, 7) is 2.49. The highest BCUT2D eigenvalue weighted by Gasteiger charge is 2.23. The molecule has 0 aliphatic heterocycles. The van der Waals surface area contributed by atoms with Gasteiger partial charge in [-0.05, 0) is 44.4 Å². The highest BCUT2D eigenvalue weighted by Crippen LogP contribution is 2.32. The molecular formula is C20H23ClN4O5S2. The summed E-state index contributed by atoms with van der Waals surface area (Å²) >= 11 is 1.20. The minimum Gasteiger partial charge on any atom is -0.308 e. The number of rotatable bonds is 8. The van der Waals surface area contributed by atoms with Crippen LogP contribution in [0.3, 0.4) is 0 Å². The van der Waals surface area contributed by atoms with Crippen LogP contribution in [0.2, 0.25) is 0 Å². The Labute approximate surface area is 196 Å². The molecule has 0 bridgehead atoms. The lowest BCUT2D eigenvalue weighted by Crippen LogP contribution is -2.36. The summed E-state index contributed by atoms with van der Waals surface area (Å²) in [4.78, 5) is 31.9. The lowest BCUT2D eigenvalue weighted by atomic mass is 10.2. The normalized spacial score (nSPS) is 11.4. The number of hydrogen-bond donors (Lipinski definition) is 0. The van der Waals surface area contributed by atoms with E-state index in [9.17, 15) is 23.3 Å². The van der Waals surface area contributed by atoms with Crippen molar-refractivity contribution in [3.05, 3.63) is 58.1 Å². The molecule has 172 valence electrons. The average Bonchev–Trinajstić information content (AvgIpc) is 3.16. The third-order valence-electron chi connectivity index (χ3n) is 4.66. The molecule has 0 fully saturated rings. The Morgan fingerprint density at radius 2 is 1.78 bits per heavy atom. The topological polar surface area (TPSA) is 114 Å². The first-order valence-corrected chi connectivity index (χ1v) is 11.9. The summed E-state index contributed by atoms with van der Waals surface area (Å²) in [6, 6.07) is 10.2. The molecule has 1 amide bonds. The number of fused-ring (bicyclic) bond motifs is 1. The highest BCUT2D eigenvalue weighted by atomic mass is 35.5. The van der Waals surface area contributed by atoms with Gasteiger partial charge in [0.2, 0.25) is 0 Å². The van der Waals surface area contributed by atoms with Crippen molar-refractivity contribution in [2.45, 2.75) is 11.8 Å². The van der Waals surface area contributed by atoms with Crippen molar-refractivity contribution in [1.29, 1.82) is 0 Å². The standard InChI is InChI=1S/C20H22N4O5S2.ClH/c1-4-31(28,29)16-8-5-14(6-9-16)19(25)23(12-11-22(2)3)20-21-17-10-7-15(24(26)27)13-18(17)30-20;/h5-10,13H,4,11-12H2,1-3H3;1H. The Kier molecular flexibility index (Phi) is 8.29. The van der Waals surface area contributed by atoms with E-state index < -0.39 is 14.8 Å². The molecule has 0 unspecified atom stereocenters. The van der Waals surface area contributed by atoms with Gasteiger partial charge < -0.3 is 4.90 Å². The monoisotopic (exact) mass is 498 g/mol. The van der Waals surface area contributed by atoms with Crippen LogP contribution in [0.15, 0.2) is 47.4 Å². The van der Waals surface area contributed by atoms with E-state index in [1.165, 1.54) is 52.6 Å². The molecule has 0 atom stereocenters. The lowest BCUT2D eigenvalue weighted by molar-refractivity contribution is -0.384. The first-order valence-electron chi connectivity index (χ1n) is 9.47. The molecule has 1 heterocycles. The maximum absolute atomic E-state index is 13.3. The molecule has 1 aromatic heterocycles. The second-order valence-corrected chi connectivity index (χ2v) is 10.4. The highest BCUT2D eigenvalue weighted by molar-refractivity contribution is 7.91. The van der Waals surface area contributed by atoms with Gasteiger partial charge in [0.05, 0.1) is 25.8 Å². The predicted octanol–water partition coefficient (Wildman–Crippen LogP) is 3.63. The van der Waals surface area contributed by atoms with E-state index in [-0.39, 0.29) is 34.6 Å². The van der Waals surface area contributed by atoms with Crippen LogP contribution in [0.25, 0.3) is 10.2 Å². The van der Waals surface area contributed by atoms with Crippen LogP contribution in [-0.4, -0.2) is 62.1 Å². The fraction of sp³-hybridized carbons (Fsp3) is 0.300. The fourth-order valence-corrected chi connectivity index (χ4v) is 4.75. The Morgan fingerprint density at radius 1 is 1.12 bits per heavy atom. The van der Waals surface area contributed by atoms with Gasteiger partial charge in [0.1, 0.15) is 0 Å². The molecule has 9 nitrogen and oxygen atoms in total. The van der Waals surface area contributed by atoms with Crippen molar-refractivity contribution in [1.82, 2.24) is 9.88 Å². The second kappa shape index (κ2) is 10.3. The fourth-order valence-electron chi connectivity index (χ4n) is 2.84. The van der Waals surface area contributed by atoms with Crippen molar-refractivity contribution < 1.29 is 18.1 Å². The van der Waals surface area contributed by atoms with Gasteiger partial charge in [-0.1, -0.05) is 18.3 Å². The number of aromatic nitrogens is 1. The van der Waals surface area contributed by atoms with E-state index in [1.54, 1.807) is 13.0 Å². The summed E-state index contributed by atoms with van der Waals surface area (Å²) in [6.07, 6.45) is 0. The van der Waals surface area contributed by atoms with Crippen molar-refractivity contribution in [3.63, 3.8) is 0 Å². The molecule has 12 heteroatoms. The predicted molar refractivity (Wildman–Crippen MR) is 128 cm³/mol. The molecule has 0 saturated heterocycles. The Hall–Kier alpha value is -2.60. The average molecular weight is 499 g/mol. The number of nitro benzene ring substituents is 1. The van der Waals surface area contributed by atoms with Gasteiger partial charge in [-0.25, -0.2) is 13.4 Å². The number of thiazole rings is 1. The molecule has 0 aliphatic rings. The zero-order valence-corrected chi connectivity index (χ0v) is 20.2. The van der Waals surface area contributed by atoms with Crippen molar-refractivity contribution in [2.24, 2.45) is 0 Å². The number of halogens is 1. The molecule has 0 saturated carbocycles. The minimum absolute atomic E-state index is 0. The molecule has 0 spiro atoms. The maximum Gasteiger partial charge on any atom is 0.270 e. The van der Waals surface area contributed by atoms with E-state index in [0.29, 0.717) is 34.0 Å². The number of sulfone groups is 1. The number of non-ortho nitro benzene ring substituents is 1. The van der Waals surface area contributed by atoms with Crippen LogP contribution in [0, 0.1) is 10.1 Å². The van der Waals surface area contributed by atoms with Gasteiger partial charge >= 0.3 is 0 Å². The first kappa shape index (κ1) is 25.7. The number of nitrogens with zero attached hydrogens (tertiary/aromatic N) is 4. The van der Waals surface area contributed by atoms with Crippen LogP contribution in [0.1, 0.15) is 17.3 Å². The molecule has 0 radical (unpaired) electrons. The third-order valence-corrected chi connectivity index (χ3v) is 7.45. The summed E-state index contributed by atoms with van der Waals surface area (Å²) < 4.78 is 24.7. The summed E-state index contributed by atoms with van der Waals surface area (Å²) in [5, 5.41) is 11.5. The molecular weight excluding hydrogens is 476 g/mol. The molecule has 3 rings (SSSR count). The molecule has 32 heavy (non-hydrogen) atoms. The van der Waals surface area contributed by atoms with E-state index >= 15 is 0 Å². The Balaban J connectivity index is 0.00000363. The number of benzene rings is 2. The number of nitro groups is 1.